The number of nitrogens with one attached hydrogen (secondary N) is 3. The zero-order valence-electron chi connectivity index (χ0n) is 14.9. The smallest absolute Gasteiger partial charge is 0.129 e. The highest BCUT2D eigenvalue weighted by atomic mass is 15.2. The third-order valence-electron chi connectivity index (χ3n) is 4.58. The Bertz CT molecular complexity index is 849. The minimum atomic E-state index is 0.362. The molecule has 2 heterocycles. The van der Waals surface area contributed by atoms with Crippen LogP contribution in [-0.4, -0.2) is 37.0 Å². The fraction of sp³-hybridized carbons (Fsp3) is 0.250. The molecule has 1 aromatic heterocycles. The van der Waals surface area contributed by atoms with Crippen molar-refractivity contribution in [3.8, 4) is 0 Å². The lowest BCUT2D eigenvalue weighted by molar-refractivity contribution is 0.937. The second-order valence-corrected chi connectivity index (χ2v) is 6.31. The molecule has 0 amide bonds. The van der Waals surface area contributed by atoms with Gasteiger partial charge in [0.1, 0.15) is 5.82 Å². The van der Waals surface area contributed by atoms with E-state index in [0.717, 1.165) is 35.6 Å². The summed E-state index contributed by atoms with van der Waals surface area (Å²) in [4.78, 5) is 6.70. The Balaban J connectivity index is 1.96. The molecule has 1 saturated heterocycles. The van der Waals surface area contributed by atoms with Crippen molar-refractivity contribution >= 4 is 29.0 Å². The summed E-state index contributed by atoms with van der Waals surface area (Å²) < 4.78 is 0. The van der Waals surface area contributed by atoms with E-state index in [1.807, 2.05) is 24.3 Å². The molecule has 26 heavy (non-hydrogen) atoms. The van der Waals surface area contributed by atoms with E-state index in [-0.39, 0.29) is 0 Å². The molecule has 2 aromatic rings. The first-order chi connectivity index (χ1) is 12.6. The first-order valence-corrected chi connectivity index (χ1v) is 8.72. The van der Waals surface area contributed by atoms with E-state index in [1.54, 1.807) is 25.5 Å². The highest BCUT2D eigenvalue weighted by molar-refractivity contribution is 6.15. The van der Waals surface area contributed by atoms with Crippen LogP contribution in [0, 0.1) is 10.8 Å². The Morgan fingerprint density at radius 2 is 1.96 bits per heavy atom. The van der Waals surface area contributed by atoms with Crippen LogP contribution in [0.5, 0.6) is 0 Å². The molecule has 0 atom stereocenters. The lowest BCUT2D eigenvalue weighted by Gasteiger charge is -2.17. The molecule has 0 aliphatic carbocycles. The van der Waals surface area contributed by atoms with E-state index in [2.05, 4.69) is 15.2 Å². The van der Waals surface area contributed by atoms with E-state index in [0.29, 0.717) is 17.0 Å². The van der Waals surface area contributed by atoms with Gasteiger partial charge in [-0.3, -0.25) is 5.41 Å². The molecule has 3 rings (SSSR count). The molecule has 6 nitrogen and oxygen atoms in total. The standard InChI is InChI=1S/C20H24N6/c1-24-13-16(12-21)14-4-5-18(22)17(10-14)20(23)15-6-7-25-19(11-15)26-8-2-3-9-26/h4-7,10-13,21,23-24H,2-3,8-9,22H2,1H3/b16-13+,21-12?,23-20?. The van der Waals surface area contributed by atoms with Crippen molar-refractivity contribution in [2.75, 3.05) is 30.8 Å². The molecule has 1 aliphatic heterocycles. The van der Waals surface area contributed by atoms with E-state index in [1.165, 1.54) is 19.1 Å². The van der Waals surface area contributed by atoms with Crippen molar-refractivity contribution in [3.05, 3.63) is 59.4 Å². The topological polar surface area (TPSA) is 102 Å². The number of hydrogen-bond donors (Lipinski definition) is 4. The molecule has 5 N–H and O–H groups in total. The maximum absolute atomic E-state index is 8.66. The largest absolute Gasteiger partial charge is 0.398 e. The fourth-order valence-corrected chi connectivity index (χ4v) is 3.16. The average Bonchev–Trinajstić information content (AvgIpc) is 3.21. The first kappa shape index (κ1) is 17.7. The maximum atomic E-state index is 8.66. The Labute approximate surface area is 153 Å². The second kappa shape index (κ2) is 7.82. The lowest BCUT2D eigenvalue weighted by atomic mass is 9.97. The van der Waals surface area contributed by atoms with E-state index in [4.69, 9.17) is 16.6 Å². The van der Waals surface area contributed by atoms with Gasteiger partial charge in [0.25, 0.3) is 0 Å². The molecule has 1 aromatic carbocycles. The van der Waals surface area contributed by atoms with Crippen molar-refractivity contribution in [2.24, 2.45) is 0 Å². The molecular weight excluding hydrogens is 324 g/mol. The monoisotopic (exact) mass is 348 g/mol. The van der Waals surface area contributed by atoms with E-state index < -0.39 is 0 Å². The van der Waals surface area contributed by atoms with Gasteiger partial charge in [-0.05, 0) is 42.7 Å². The quantitative estimate of drug-likeness (QED) is 0.476. The van der Waals surface area contributed by atoms with Gasteiger partial charge < -0.3 is 21.4 Å². The maximum Gasteiger partial charge on any atom is 0.129 e. The number of hydrogen-bond acceptors (Lipinski definition) is 6. The number of nitrogen functional groups attached to an aromatic ring is 1. The van der Waals surface area contributed by atoms with Gasteiger partial charge in [-0.15, -0.1) is 0 Å². The van der Waals surface area contributed by atoms with Gasteiger partial charge in [-0.2, -0.15) is 0 Å². The predicted octanol–water partition coefficient (Wildman–Crippen LogP) is 2.89. The molecule has 0 saturated carbocycles. The van der Waals surface area contributed by atoms with E-state index >= 15 is 0 Å². The summed E-state index contributed by atoms with van der Waals surface area (Å²) >= 11 is 0. The molecule has 1 aliphatic rings. The number of pyridine rings is 1. The summed E-state index contributed by atoms with van der Waals surface area (Å²) in [5.41, 5.74) is 10.1. The molecule has 0 bridgehead atoms. The normalized spacial score (nSPS) is 14.3. The van der Waals surface area contributed by atoms with Gasteiger partial charge in [0.2, 0.25) is 0 Å². The molecule has 0 spiro atoms. The Morgan fingerprint density at radius 1 is 1.19 bits per heavy atom. The Kier molecular flexibility index (Phi) is 5.31. The van der Waals surface area contributed by atoms with E-state index in [9.17, 15) is 0 Å². The van der Waals surface area contributed by atoms with Gasteiger partial charge in [0.15, 0.2) is 0 Å². The van der Waals surface area contributed by atoms with Crippen molar-refractivity contribution in [1.29, 1.82) is 10.8 Å². The van der Waals surface area contributed by atoms with Gasteiger partial charge in [0.05, 0.1) is 5.71 Å². The van der Waals surface area contributed by atoms with Crippen LogP contribution in [0.25, 0.3) is 5.57 Å². The number of aromatic nitrogens is 1. The molecule has 134 valence electrons. The third kappa shape index (κ3) is 3.59. The van der Waals surface area contributed by atoms with Crippen LogP contribution in [0.3, 0.4) is 0 Å². The summed E-state index contributed by atoms with van der Waals surface area (Å²) in [6.45, 7) is 2.03. The van der Waals surface area contributed by atoms with Crippen LogP contribution in [0.4, 0.5) is 11.5 Å². The predicted molar refractivity (Wildman–Crippen MR) is 108 cm³/mol. The lowest BCUT2D eigenvalue weighted by Crippen LogP contribution is -2.19. The minimum Gasteiger partial charge on any atom is -0.398 e. The van der Waals surface area contributed by atoms with Crippen LogP contribution in [-0.2, 0) is 0 Å². The highest BCUT2D eigenvalue weighted by Crippen LogP contribution is 2.24. The van der Waals surface area contributed by atoms with Crippen LogP contribution in [0.2, 0.25) is 0 Å². The summed E-state index contributed by atoms with van der Waals surface area (Å²) in [5, 5.41) is 19.2. The molecule has 0 unspecified atom stereocenters. The van der Waals surface area contributed by atoms with Crippen molar-refractivity contribution in [1.82, 2.24) is 10.3 Å². The average molecular weight is 348 g/mol. The van der Waals surface area contributed by atoms with Crippen LogP contribution in [0.15, 0.2) is 42.7 Å². The van der Waals surface area contributed by atoms with Crippen LogP contribution >= 0.6 is 0 Å². The summed E-state index contributed by atoms with van der Waals surface area (Å²) in [5.74, 6) is 0.912. The van der Waals surface area contributed by atoms with Crippen molar-refractivity contribution in [3.63, 3.8) is 0 Å². The summed E-state index contributed by atoms with van der Waals surface area (Å²) in [6, 6.07) is 9.31. The number of rotatable bonds is 6. The number of allylic oxidation sites excluding steroid dienone is 1. The molecule has 0 radical (unpaired) electrons. The number of nitrogens with two attached hydrogens (primary N) is 1. The Morgan fingerprint density at radius 3 is 2.65 bits per heavy atom. The van der Waals surface area contributed by atoms with Crippen molar-refractivity contribution < 1.29 is 0 Å². The SMILES string of the molecule is CN/C=C(\C=N)c1ccc(N)c(C(=N)c2ccnc(N3CCCC3)c2)c1. The van der Waals surface area contributed by atoms with Gasteiger partial charge in [-0.25, -0.2) is 4.98 Å². The zero-order chi connectivity index (χ0) is 18.5. The fourth-order valence-electron chi connectivity index (χ4n) is 3.16. The van der Waals surface area contributed by atoms with Gasteiger partial charge in [0, 0.05) is 61.1 Å². The van der Waals surface area contributed by atoms with Crippen molar-refractivity contribution in [2.45, 2.75) is 12.8 Å². The number of benzene rings is 1. The molecule has 6 heteroatoms. The molecular formula is C20H24N6. The summed E-state index contributed by atoms with van der Waals surface area (Å²) in [7, 11) is 1.79. The molecule has 1 fully saturated rings. The Hall–Kier alpha value is -3.15. The second-order valence-electron chi connectivity index (χ2n) is 6.31. The summed E-state index contributed by atoms with van der Waals surface area (Å²) in [6.07, 6.45) is 7.16. The van der Waals surface area contributed by atoms with Gasteiger partial charge >= 0.3 is 0 Å². The number of nitrogens with zero attached hydrogens (tertiary/aromatic N) is 2. The van der Waals surface area contributed by atoms with Crippen LogP contribution < -0.4 is 16.0 Å². The third-order valence-corrected chi connectivity index (χ3v) is 4.58. The zero-order valence-corrected chi connectivity index (χ0v) is 14.9. The van der Waals surface area contributed by atoms with Crippen LogP contribution in [0.1, 0.15) is 29.5 Å². The minimum absolute atomic E-state index is 0.362. The van der Waals surface area contributed by atoms with Gasteiger partial charge in [-0.1, -0.05) is 6.07 Å². The highest BCUT2D eigenvalue weighted by Gasteiger charge is 2.16. The first-order valence-electron chi connectivity index (χ1n) is 8.72. The number of anilines is 2.